The lowest BCUT2D eigenvalue weighted by Crippen LogP contribution is -2.38. The van der Waals surface area contributed by atoms with Crippen molar-refractivity contribution in [2.24, 2.45) is 7.05 Å². The number of carbonyl (C=O) groups excluding carboxylic acids is 1. The third-order valence-electron chi connectivity index (χ3n) is 5.80. The van der Waals surface area contributed by atoms with Gasteiger partial charge in [-0.15, -0.1) is 11.3 Å². The molecule has 31 heavy (non-hydrogen) atoms. The van der Waals surface area contributed by atoms with Crippen LogP contribution in [0, 0.1) is 6.92 Å². The minimum Gasteiger partial charge on any atom is -0.492 e. The molecule has 1 aromatic carbocycles. The highest BCUT2D eigenvalue weighted by atomic mass is 32.1. The molecule has 0 spiro atoms. The molecule has 1 aliphatic heterocycles. The van der Waals surface area contributed by atoms with E-state index in [1.165, 1.54) is 11.3 Å². The number of aromatic nitrogens is 2. The highest BCUT2D eigenvalue weighted by Crippen LogP contribution is 2.27. The minimum atomic E-state index is -0.0648. The van der Waals surface area contributed by atoms with Gasteiger partial charge in [0.25, 0.3) is 5.91 Å². The van der Waals surface area contributed by atoms with Gasteiger partial charge in [-0.25, -0.2) is 0 Å². The van der Waals surface area contributed by atoms with Crippen molar-refractivity contribution in [3.05, 3.63) is 46.5 Å². The molecule has 1 N–H and O–H groups in total. The van der Waals surface area contributed by atoms with E-state index in [0.29, 0.717) is 24.1 Å². The third-order valence-corrected chi connectivity index (χ3v) is 7.00. The van der Waals surface area contributed by atoms with Crippen molar-refractivity contribution in [3.63, 3.8) is 0 Å². The van der Waals surface area contributed by atoms with Crippen molar-refractivity contribution in [1.82, 2.24) is 20.0 Å². The normalized spacial score (nSPS) is 15.0. The van der Waals surface area contributed by atoms with Crippen LogP contribution in [-0.2, 0) is 18.3 Å². The number of rotatable bonds is 8. The molecule has 166 valence electrons. The summed E-state index contributed by atoms with van der Waals surface area (Å²) in [4.78, 5) is 16.7. The molecule has 0 radical (unpaired) electrons. The second-order valence-corrected chi connectivity index (χ2v) is 9.07. The zero-order valence-electron chi connectivity index (χ0n) is 18.4. The molecule has 0 unspecified atom stereocenters. The fourth-order valence-electron chi connectivity index (χ4n) is 3.95. The van der Waals surface area contributed by atoms with Gasteiger partial charge >= 0.3 is 0 Å². The van der Waals surface area contributed by atoms with Crippen LogP contribution in [-0.4, -0.2) is 60.0 Å². The number of benzene rings is 1. The quantitative estimate of drug-likeness (QED) is 0.579. The Labute approximate surface area is 186 Å². The number of amides is 1. The highest BCUT2D eigenvalue weighted by Gasteiger charge is 2.18. The van der Waals surface area contributed by atoms with Gasteiger partial charge in [0.2, 0.25) is 0 Å². The van der Waals surface area contributed by atoms with Crippen LogP contribution in [0.25, 0.3) is 10.2 Å². The smallest absolute Gasteiger partial charge is 0.261 e. The number of nitrogens with zero attached hydrogens (tertiary/aromatic N) is 3. The molecular formula is C23H30N4O3S. The fourth-order valence-corrected chi connectivity index (χ4v) is 4.99. The average molecular weight is 443 g/mol. The van der Waals surface area contributed by atoms with Crippen LogP contribution >= 0.6 is 11.3 Å². The van der Waals surface area contributed by atoms with Gasteiger partial charge in [-0.2, -0.15) is 5.10 Å². The Morgan fingerprint density at radius 1 is 1.35 bits per heavy atom. The number of hydrogen-bond donors (Lipinski definition) is 1. The number of ether oxygens (including phenoxy) is 2. The van der Waals surface area contributed by atoms with Crippen LogP contribution in [0.3, 0.4) is 0 Å². The first-order valence-corrected chi connectivity index (χ1v) is 11.5. The highest BCUT2D eigenvalue weighted by molar-refractivity contribution is 7.20. The van der Waals surface area contributed by atoms with E-state index in [4.69, 9.17) is 9.47 Å². The van der Waals surface area contributed by atoms with Crippen LogP contribution in [0.15, 0.2) is 30.3 Å². The number of hydrogen-bond acceptors (Lipinski definition) is 6. The summed E-state index contributed by atoms with van der Waals surface area (Å²) in [5.41, 5.74) is 1.96. The maximum absolute atomic E-state index is 12.6. The SMILES string of the molecule is Cc1nn(C)c2sc(C(=O)NCc3cccc(OCCN(C)C4CCOCC4)c3)cc12. The summed E-state index contributed by atoms with van der Waals surface area (Å²) in [5, 5.41) is 8.44. The van der Waals surface area contributed by atoms with Gasteiger partial charge < -0.3 is 14.8 Å². The standard InChI is InChI=1S/C23H30N4O3S/c1-16-20-14-21(31-23(20)27(3)25-16)22(28)24-15-17-5-4-6-19(13-17)30-12-9-26(2)18-7-10-29-11-8-18/h4-6,13-14,18H,7-12,15H2,1-3H3,(H,24,28). The second kappa shape index (κ2) is 9.80. The van der Waals surface area contributed by atoms with Crippen molar-refractivity contribution < 1.29 is 14.3 Å². The van der Waals surface area contributed by atoms with E-state index in [1.807, 2.05) is 49.0 Å². The molecule has 2 aromatic heterocycles. The molecule has 0 saturated carbocycles. The van der Waals surface area contributed by atoms with Gasteiger partial charge in [-0.1, -0.05) is 12.1 Å². The van der Waals surface area contributed by atoms with Crippen molar-refractivity contribution in [1.29, 1.82) is 0 Å². The molecule has 4 rings (SSSR count). The number of nitrogens with one attached hydrogen (secondary N) is 1. The second-order valence-electron chi connectivity index (χ2n) is 8.04. The molecule has 1 aliphatic rings. The average Bonchev–Trinajstić information content (AvgIpc) is 3.34. The minimum absolute atomic E-state index is 0.0648. The van der Waals surface area contributed by atoms with Crippen molar-refractivity contribution in [3.8, 4) is 5.75 Å². The van der Waals surface area contributed by atoms with E-state index >= 15 is 0 Å². The number of carbonyl (C=O) groups is 1. The molecule has 0 bridgehead atoms. The van der Waals surface area contributed by atoms with Gasteiger partial charge in [-0.05, 0) is 50.6 Å². The monoisotopic (exact) mass is 442 g/mol. The van der Waals surface area contributed by atoms with Crippen LogP contribution < -0.4 is 10.1 Å². The predicted molar refractivity (Wildman–Crippen MR) is 123 cm³/mol. The first kappa shape index (κ1) is 21.8. The lowest BCUT2D eigenvalue weighted by atomic mass is 10.1. The zero-order chi connectivity index (χ0) is 21.8. The molecule has 0 atom stereocenters. The Morgan fingerprint density at radius 2 is 2.16 bits per heavy atom. The number of aryl methyl sites for hydroxylation is 2. The molecule has 3 aromatic rings. The largest absolute Gasteiger partial charge is 0.492 e. The van der Waals surface area contributed by atoms with Crippen LogP contribution in [0.5, 0.6) is 5.75 Å². The van der Waals surface area contributed by atoms with Gasteiger partial charge in [0.15, 0.2) is 0 Å². The summed E-state index contributed by atoms with van der Waals surface area (Å²) in [5.74, 6) is 0.765. The first-order valence-electron chi connectivity index (χ1n) is 10.7. The number of thiophene rings is 1. The summed E-state index contributed by atoms with van der Waals surface area (Å²) in [6, 6.07) is 10.4. The topological polar surface area (TPSA) is 68.6 Å². The Bertz CT molecular complexity index is 1000. The molecular weight excluding hydrogens is 412 g/mol. The Balaban J connectivity index is 1.27. The molecule has 8 heteroatoms. The van der Waals surface area contributed by atoms with Crippen molar-refractivity contribution in [2.75, 3.05) is 33.4 Å². The molecule has 1 amide bonds. The number of fused-ring (bicyclic) bond motifs is 1. The Kier molecular flexibility index (Phi) is 6.89. The van der Waals surface area contributed by atoms with Gasteiger partial charge in [0, 0.05) is 44.8 Å². The molecule has 1 saturated heterocycles. The van der Waals surface area contributed by atoms with E-state index in [9.17, 15) is 4.79 Å². The molecule has 7 nitrogen and oxygen atoms in total. The lowest BCUT2D eigenvalue weighted by molar-refractivity contribution is 0.0392. The predicted octanol–water partition coefficient (Wildman–Crippen LogP) is 3.36. The third kappa shape index (κ3) is 5.26. The van der Waals surface area contributed by atoms with E-state index in [0.717, 1.165) is 59.8 Å². The Morgan fingerprint density at radius 3 is 2.94 bits per heavy atom. The van der Waals surface area contributed by atoms with Gasteiger partial charge in [0.05, 0.1) is 10.6 Å². The van der Waals surface area contributed by atoms with Crippen molar-refractivity contribution >= 4 is 27.5 Å². The summed E-state index contributed by atoms with van der Waals surface area (Å²) in [7, 11) is 4.05. The summed E-state index contributed by atoms with van der Waals surface area (Å²) < 4.78 is 13.2. The maximum atomic E-state index is 12.6. The Hall–Kier alpha value is -2.42. The van der Waals surface area contributed by atoms with Crippen LogP contribution in [0.4, 0.5) is 0 Å². The van der Waals surface area contributed by atoms with E-state index in [1.54, 1.807) is 0 Å². The molecule has 0 aliphatic carbocycles. The fraction of sp³-hybridized carbons (Fsp3) is 0.478. The lowest BCUT2D eigenvalue weighted by Gasteiger charge is -2.31. The van der Waals surface area contributed by atoms with E-state index < -0.39 is 0 Å². The summed E-state index contributed by atoms with van der Waals surface area (Å²) >= 11 is 1.47. The van der Waals surface area contributed by atoms with Crippen LogP contribution in [0.2, 0.25) is 0 Å². The maximum Gasteiger partial charge on any atom is 0.261 e. The van der Waals surface area contributed by atoms with E-state index in [-0.39, 0.29) is 5.91 Å². The van der Waals surface area contributed by atoms with Crippen LogP contribution in [0.1, 0.15) is 33.8 Å². The van der Waals surface area contributed by atoms with Crippen molar-refractivity contribution in [2.45, 2.75) is 32.4 Å². The van der Waals surface area contributed by atoms with E-state index in [2.05, 4.69) is 22.4 Å². The first-order chi connectivity index (χ1) is 15.0. The zero-order valence-corrected chi connectivity index (χ0v) is 19.2. The summed E-state index contributed by atoms with van der Waals surface area (Å²) in [6.07, 6.45) is 2.17. The number of likely N-dealkylation sites (N-methyl/N-ethyl adjacent to an activating group) is 1. The van der Waals surface area contributed by atoms with Gasteiger partial charge in [0.1, 0.15) is 17.2 Å². The summed E-state index contributed by atoms with van der Waals surface area (Å²) in [6.45, 7) is 5.64. The molecule has 1 fully saturated rings. The van der Waals surface area contributed by atoms with Gasteiger partial charge in [-0.3, -0.25) is 14.4 Å². The molecule has 3 heterocycles.